The summed E-state index contributed by atoms with van der Waals surface area (Å²) in [7, 11) is 3.45. The molecule has 35 heavy (non-hydrogen) atoms. The number of rotatable bonds is 5. The van der Waals surface area contributed by atoms with Crippen LogP contribution in [0.4, 0.5) is 10.1 Å². The van der Waals surface area contributed by atoms with Crippen LogP contribution in [0.15, 0.2) is 30.7 Å². The van der Waals surface area contributed by atoms with Crippen molar-refractivity contribution in [2.75, 3.05) is 5.32 Å². The van der Waals surface area contributed by atoms with E-state index in [1.165, 1.54) is 29.1 Å². The number of amides is 2. The van der Waals surface area contributed by atoms with Gasteiger partial charge in [-0.05, 0) is 55.7 Å². The lowest BCUT2D eigenvalue weighted by Crippen LogP contribution is -2.30. The lowest BCUT2D eigenvalue weighted by atomic mass is 9.88. The Balaban J connectivity index is 1.34. The van der Waals surface area contributed by atoms with Crippen LogP contribution in [0.5, 0.6) is 0 Å². The molecule has 2 aromatic heterocycles. The number of fused-ring (bicyclic) bond motifs is 1. The highest BCUT2D eigenvalue weighted by atomic mass is 35.5. The van der Waals surface area contributed by atoms with Crippen LogP contribution < -0.4 is 11.1 Å². The highest BCUT2D eigenvalue weighted by Gasteiger charge is 2.52. The van der Waals surface area contributed by atoms with Crippen molar-refractivity contribution in [1.29, 1.82) is 0 Å². The van der Waals surface area contributed by atoms with Gasteiger partial charge in [-0.15, -0.1) is 0 Å². The quantitative estimate of drug-likeness (QED) is 0.496. The van der Waals surface area contributed by atoms with E-state index in [9.17, 15) is 19.1 Å². The highest BCUT2D eigenvalue weighted by molar-refractivity contribution is 6.31. The lowest BCUT2D eigenvalue weighted by Gasteiger charge is -2.26. The molecule has 0 radical (unpaired) electrons. The van der Waals surface area contributed by atoms with Crippen molar-refractivity contribution in [2.24, 2.45) is 31.7 Å². The molecule has 2 fully saturated rings. The average molecular weight is 501 g/mol. The maximum atomic E-state index is 13.5. The van der Waals surface area contributed by atoms with Gasteiger partial charge in [-0.3, -0.25) is 14.3 Å². The summed E-state index contributed by atoms with van der Waals surface area (Å²) in [5.41, 5.74) is 6.57. The van der Waals surface area contributed by atoms with Gasteiger partial charge < -0.3 is 20.7 Å². The standard InChI is InChI=1S/C24H26ClFN6O3/c1-31-11-28-19(20(31)23(34)30-15-3-4-18(26)17(25)7-15)12-5-13-8-24(35,9-14(13)6-12)21-16(22(27)33)10-29-32(21)2/h3-4,7,10-14,35H,5-6,8-9H2,1-2H3,(H2,27,33)(H,30,34). The summed E-state index contributed by atoms with van der Waals surface area (Å²) in [4.78, 5) is 29.5. The van der Waals surface area contributed by atoms with Crippen LogP contribution in [0, 0.1) is 17.7 Å². The summed E-state index contributed by atoms with van der Waals surface area (Å²) in [6.45, 7) is 0. The first-order valence-corrected chi connectivity index (χ1v) is 11.8. The van der Waals surface area contributed by atoms with E-state index in [0.717, 1.165) is 12.8 Å². The smallest absolute Gasteiger partial charge is 0.274 e. The fourth-order valence-electron chi connectivity index (χ4n) is 6.04. The Kier molecular flexibility index (Phi) is 5.68. The molecule has 0 spiro atoms. The minimum Gasteiger partial charge on any atom is -0.384 e. The van der Waals surface area contributed by atoms with E-state index in [4.69, 9.17) is 17.3 Å². The fourth-order valence-corrected chi connectivity index (χ4v) is 6.22. The minimum absolute atomic E-state index is 0.0513. The molecule has 1 aromatic carbocycles. The molecule has 2 amide bonds. The Morgan fingerprint density at radius 2 is 1.94 bits per heavy atom. The molecular weight excluding hydrogens is 475 g/mol. The van der Waals surface area contributed by atoms with E-state index in [1.807, 2.05) is 0 Å². The van der Waals surface area contributed by atoms with Crippen LogP contribution in [0.25, 0.3) is 0 Å². The number of aliphatic hydroxyl groups is 1. The van der Waals surface area contributed by atoms with Gasteiger partial charge in [-0.1, -0.05) is 11.6 Å². The second-order valence-electron chi connectivity index (χ2n) is 9.70. The van der Waals surface area contributed by atoms with E-state index in [0.29, 0.717) is 35.6 Å². The topological polar surface area (TPSA) is 128 Å². The Morgan fingerprint density at radius 3 is 2.57 bits per heavy atom. The maximum absolute atomic E-state index is 13.5. The molecule has 2 heterocycles. The fraction of sp³-hybridized carbons (Fsp3) is 0.417. The van der Waals surface area contributed by atoms with Gasteiger partial charge in [-0.25, -0.2) is 9.37 Å². The van der Waals surface area contributed by atoms with Crippen LogP contribution in [-0.2, 0) is 19.7 Å². The van der Waals surface area contributed by atoms with E-state index in [1.54, 1.807) is 25.0 Å². The molecule has 2 aliphatic carbocycles. The molecule has 2 aliphatic rings. The molecule has 0 bridgehead atoms. The first kappa shape index (κ1) is 23.5. The number of aromatic nitrogens is 4. The number of nitrogens with one attached hydrogen (secondary N) is 1. The molecule has 0 saturated heterocycles. The minimum atomic E-state index is -1.18. The van der Waals surface area contributed by atoms with Crippen LogP contribution >= 0.6 is 11.6 Å². The zero-order valence-corrected chi connectivity index (χ0v) is 20.1. The number of hydrogen-bond acceptors (Lipinski definition) is 5. The average Bonchev–Trinajstić information content (AvgIpc) is 3.52. The van der Waals surface area contributed by atoms with E-state index < -0.39 is 17.3 Å². The number of hydrogen-bond donors (Lipinski definition) is 3. The van der Waals surface area contributed by atoms with Crippen molar-refractivity contribution in [1.82, 2.24) is 19.3 Å². The van der Waals surface area contributed by atoms with Crippen LogP contribution in [-0.4, -0.2) is 36.3 Å². The van der Waals surface area contributed by atoms with Crippen molar-refractivity contribution >= 4 is 29.1 Å². The van der Waals surface area contributed by atoms with Gasteiger partial charge in [0.2, 0.25) is 0 Å². The van der Waals surface area contributed by atoms with Gasteiger partial charge in [0, 0.05) is 25.7 Å². The number of nitrogens with two attached hydrogens (primary N) is 1. The molecule has 11 heteroatoms. The first-order chi connectivity index (χ1) is 16.6. The number of carbonyl (C=O) groups excluding carboxylic acids is 2. The van der Waals surface area contributed by atoms with Gasteiger partial charge in [0.25, 0.3) is 11.8 Å². The van der Waals surface area contributed by atoms with Crippen molar-refractivity contribution < 1.29 is 19.1 Å². The molecule has 2 saturated carbocycles. The number of halogens is 2. The summed E-state index contributed by atoms with van der Waals surface area (Å²) in [6, 6.07) is 4.02. The van der Waals surface area contributed by atoms with E-state index in [-0.39, 0.29) is 34.2 Å². The third kappa shape index (κ3) is 4.00. The number of carbonyl (C=O) groups is 2. The van der Waals surface area contributed by atoms with E-state index in [2.05, 4.69) is 15.4 Å². The van der Waals surface area contributed by atoms with Crippen LogP contribution in [0.1, 0.15) is 63.8 Å². The van der Waals surface area contributed by atoms with Crippen LogP contribution in [0.3, 0.4) is 0 Å². The molecule has 4 N–H and O–H groups in total. The Morgan fingerprint density at radius 1 is 1.26 bits per heavy atom. The zero-order valence-electron chi connectivity index (χ0n) is 19.3. The third-order valence-corrected chi connectivity index (χ3v) is 7.72. The second-order valence-corrected chi connectivity index (χ2v) is 10.1. The number of anilines is 1. The Hall–Kier alpha value is -3.24. The van der Waals surface area contributed by atoms with Gasteiger partial charge in [0.15, 0.2) is 0 Å². The zero-order chi connectivity index (χ0) is 25.1. The summed E-state index contributed by atoms with van der Waals surface area (Å²) in [6.07, 6.45) is 5.50. The maximum Gasteiger partial charge on any atom is 0.274 e. The van der Waals surface area contributed by atoms with Gasteiger partial charge in [-0.2, -0.15) is 5.10 Å². The van der Waals surface area contributed by atoms with Crippen molar-refractivity contribution in [3.8, 4) is 0 Å². The Labute approximate surface area is 206 Å². The largest absolute Gasteiger partial charge is 0.384 e. The predicted octanol–water partition coefficient (Wildman–Crippen LogP) is 3.09. The number of aryl methyl sites for hydroxylation is 2. The second kappa shape index (κ2) is 8.46. The molecule has 2 unspecified atom stereocenters. The highest BCUT2D eigenvalue weighted by Crippen LogP contribution is 2.57. The van der Waals surface area contributed by atoms with Gasteiger partial charge in [0.1, 0.15) is 17.1 Å². The molecule has 184 valence electrons. The number of imidazole rings is 1. The van der Waals surface area contributed by atoms with Crippen molar-refractivity contribution in [3.63, 3.8) is 0 Å². The van der Waals surface area contributed by atoms with Crippen molar-refractivity contribution in [2.45, 2.75) is 37.2 Å². The Bertz CT molecular complexity index is 1320. The molecule has 3 aromatic rings. The molecule has 5 rings (SSSR count). The number of nitrogens with zero attached hydrogens (tertiary/aromatic N) is 4. The molecule has 0 aliphatic heterocycles. The summed E-state index contributed by atoms with van der Waals surface area (Å²) in [5, 5.41) is 18.3. The van der Waals surface area contributed by atoms with Gasteiger partial charge >= 0.3 is 0 Å². The normalized spacial score (nSPS) is 25.6. The number of primary amides is 1. The molecular formula is C24H26ClFN6O3. The summed E-state index contributed by atoms with van der Waals surface area (Å²) < 4.78 is 16.7. The van der Waals surface area contributed by atoms with Crippen LogP contribution in [0.2, 0.25) is 5.02 Å². The predicted molar refractivity (Wildman–Crippen MR) is 126 cm³/mol. The molecule has 2 atom stereocenters. The third-order valence-electron chi connectivity index (χ3n) is 7.43. The SMILES string of the molecule is Cn1cnc(C2CC3CC(O)(c4c(C(N)=O)cnn4C)CC3C2)c1C(=O)Nc1ccc(F)c(Cl)c1. The van der Waals surface area contributed by atoms with E-state index >= 15 is 0 Å². The lowest BCUT2D eigenvalue weighted by molar-refractivity contribution is 0.0253. The monoisotopic (exact) mass is 500 g/mol. The summed E-state index contributed by atoms with van der Waals surface area (Å²) >= 11 is 5.84. The van der Waals surface area contributed by atoms with Gasteiger partial charge in [0.05, 0.1) is 34.5 Å². The summed E-state index contributed by atoms with van der Waals surface area (Å²) in [5.74, 6) is -1.06. The van der Waals surface area contributed by atoms with Crippen molar-refractivity contribution in [3.05, 3.63) is 64.2 Å². The first-order valence-electron chi connectivity index (χ1n) is 11.4. The molecule has 9 nitrogen and oxygen atoms in total. The number of benzene rings is 1.